The number of esters is 3. The quantitative estimate of drug-likeness (QED) is 0.542. The van der Waals surface area contributed by atoms with Gasteiger partial charge in [0.2, 0.25) is 0 Å². The molecule has 0 bridgehead atoms. The number of ether oxygens (including phenoxy) is 3. The first-order chi connectivity index (χ1) is 13.8. The van der Waals surface area contributed by atoms with Gasteiger partial charge in [-0.15, -0.1) is 11.3 Å². The number of thiophene rings is 1. The van der Waals surface area contributed by atoms with Gasteiger partial charge >= 0.3 is 17.9 Å². The summed E-state index contributed by atoms with van der Waals surface area (Å²) in [6.45, 7) is 4.98. The number of hydrogen-bond acceptors (Lipinski definition) is 8. The molecule has 1 aromatic heterocycles. The SMILES string of the molecule is CCOC(=O)c1c(NC(=O)COC(=O)c2ccc(C(=O)OC)cc2)sc(C)c1C. The number of hydrogen-bond donors (Lipinski definition) is 1. The smallest absolute Gasteiger partial charge is 0.341 e. The van der Waals surface area contributed by atoms with Crippen molar-refractivity contribution in [2.75, 3.05) is 25.6 Å². The summed E-state index contributed by atoms with van der Waals surface area (Å²) in [5.41, 5.74) is 1.50. The number of methoxy groups -OCH3 is 1. The van der Waals surface area contributed by atoms with Crippen LogP contribution >= 0.6 is 11.3 Å². The summed E-state index contributed by atoms with van der Waals surface area (Å²) in [7, 11) is 1.26. The van der Waals surface area contributed by atoms with Crippen LogP contribution in [0.3, 0.4) is 0 Å². The van der Waals surface area contributed by atoms with E-state index in [2.05, 4.69) is 10.1 Å². The van der Waals surface area contributed by atoms with Gasteiger partial charge in [0.05, 0.1) is 30.4 Å². The molecule has 29 heavy (non-hydrogen) atoms. The first-order valence-corrected chi connectivity index (χ1v) is 9.52. The van der Waals surface area contributed by atoms with Gasteiger partial charge in [-0.3, -0.25) is 4.79 Å². The Morgan fingerprint density at radius 2 is 1.52 bits per heavy atom. The largest absolute Gasteiger partial charge is 0.465 e. The van der Waals surface area contributed by atoms with Crippen LogP contribution in [0.4, 0.5) is 5.00 Å². The Labute approximate surface area is 171 Å². The van der Waals surface area contributed by atoms with E-state index in [0.29, 0.717) is 10.6 Å². The third-order valence-corrected chi connectivity index (χ3v) is 5.12. The summed E-state index contributed by atoms with van der Waals surface area (Å²) < 4.78 is 14.6. The van der Waals surface area contributed by atoms with Crippen molar-refractivity contribution in [2.45, 2.75) is 20.8 Å². The molecule has 0 aliphatic carbocycles. The van der Waals surface area contributed by atoms with Crippen molar-refractivity contribution in [1.29, 1.82) is 0 Å². The zero-order chi connectivity index (χ0) is 21.6. The highest BCUT2D eigenvalue weighted by atomic mass is 32.1. The maximum Gasteiger partial charge on any atom is 0.341 e. The summed E-state index contributed by atoms with van der Waals surface area (Å²) >= 11 is 1.24. The highest BCUT2D eigenvalue weighted by Crippen LogP contribution is 2.33. The first kappa shape index (κ1) is 22.1. The average molecular weight is 419 g/mol. The summed E-state index contributed by atoms with van der Waals surface area (Å²) in [6.07, 6.45) is 0. The van der Waals surface area contributed by atoms with Crippen LogP contribution in [-0.4, -0.2) is 44.1 Å². The van der Waals surface area contributed by atoms with Gasteiger partial charge in [-0.1, -0.05) is 0 Å². The Morgan fingerprint density at radius 3 is 2.07 bits per heavy atom. The van der Waals surface area contributed by atoms with E-state index in [0.717, 1.165) is 10.4 Å². The second-order valence-electron chi connectivity index (χ2n) is 5.90. The van der Waals surface area contributed by atoms with Crippen LogP contribution in [0.5, 0.6) is 0 Å². The molecule has 0 aliphatic rings. The predicted octanol–water partition coefficient (Wildman–Crippen LogP) is 3.12. The molecule has 0 atom stereocenters. The van der Waals surface area contributed by atoms with E-state index in [1.807, 2.05) is 6.92 Å². The zero-order valence-electron chi connectivity index (χ0n) is 16.5. The third kappa shape index (κ3) is 5.41. The molecule has 0 saturated heterocycles. The molecule has 8 nitrogen and oxygen atoms in total. The molecule has 2 aromatic rings. The summed E-state index contributed by atoms with van der Waals surface area (Å²) in [4.78, 5) is 48.7. The molecule has 0 radical (unpaired) electrons. The number of anilines is 1. The van der Waals surface area contributed by atoms with Gasteiger partial charge in [-0.25, -0.2) is 14.4 Å². The van der Waals surface area contributed by atoms with Crippen LogP contribution in [0, 0.1) is 13.8 Å². The fraction of sp³-hybridized carbons (Fsp3) is 0.300. The second kappa shape index (κ2) is 9.83. The number of amides is 1. The first-order valence-electron chi connectivity index (χ1n) is 8.70. The maximum absolute atomic E-state index is 12.2. The van der Waals surface area contributed by atoms with Crippen molar-refractivity contribution in [3.8, 4) is 0 Å². The Bertz CT molecular complexity index is 931. The molecule has 0 saturated carbocycles. The normalized spacial score (nSPS) is 10.2. The van der Waals surface area contributed by atoms with Crippen molar-refractivity contribution < 1.29 is 33.4 Å². The van der Waals surface area contributed by atoms with Gasteiger partial charge in [0.1, 0.15) is 5.00 Å². The van der Waals surface area contributed by atoms with Gasteiger partial charge in [0.25, 0.3) is 5.91 Å². The lowest BCUT2D eigenvalue weighted by molar-refractivity contribution is -0.119. The van der Waals surface area contributed by atoms with Gasteiger partial charge < -0.3 is 19.5 Å². The molecule has 1 heterocycles. The van der Waals surface area contributed by atoms with E-state index >= 15 is 0 Å². The Hall–Kier alpha value is -3.20. The number of carbonyl (C=O) groups excluding carboxylic acids is 4. The fourth-order valence-electron chi connectivity index (χ4n) is 2.40. The van der Waals surface area contributed by atoms with E-state index < -0.39 is 30.4 Å². The zero-order valence-corrected chi connectivity index (χ0v) is 17.3. The minimum atomic E-state index is -0.722. The summed E-state index contributed by atoms with van der Waals surface area (Å²) in [6, 6.07) is 5.64. The molecule has 2 rings (SSSR count). The minimum Gasteiger partial charge on any atom is -0.465 e. The topological polar surface area (TPSA) is 108 Å². The van der Waals surface area contributed by atoms with Crippen LogP contribution in [0.25, 0.3) is 0 Å². The van der Waals surface area contributed by atoms with E-state index in [-0.39, 0.29) is 17.7 Å². The van der Waals surface area contributed by atoms with Crippen molar-refractivity contribution in [2.24, 2.45) is 0 Å². The average Bonchev–Trinajstić information content (AvgIpc) is 2.99. The van der Waals surface area contributed by atoms with E-state index in [1.54, 1.807) is 13.8 Å². The Balaban J connectivity index is 2.00. The number of benzene rings is 1. The summed E-state index contributed by atoms with van der Waals surface area (Å²) in [5.74, 6) is -2.35. The van der Waals surface area contributed by atoms with Crippen molar-refractivity contribution in [1.82, 2.24) is 0 Å². The summed E-state index contributed by atoms with van der Waals surface area (Å²) in [5, 5.41) is 2.94. The second-order valence-corrected chi connectivity index (χ2v) is 7.13. The predicted molar refractivity (Wildman–Crippen MR) is 106 cm³/mol. The highest BCUT2D eigenvalue weighted by Gasteiger charge is 2.22. The van der Waals surface area contributed by atoms with Crippen LogP contribution in [0.1, 0.15) is 48.4 Å². The van der Waals surface area contributed by atoms with Crippen molar-refractivity contribution >= 4 is 40.2 Å². The van der Waals surface area contributed by atoms with Gasteiger partial charge in [0.15, 0.2) is 6.61 Å². The van der Waals surface area contributed by atoms with E-state index in [9.17, 15) is 19.2 Å². The number of nitrogens with one attached hydrogen (secondary N) is 1. The number of aryl methyl sites for hydroxylation is 1. The molecule has 1 N–H and O–H groups in total. The van der Waals surface area contributed by atoms with Gasteiger partial charge in [0, 0.05) is 4.88 Å². The van der Waals surface area contributed by atoms with Crippen LogP contribution < -0.4 is 5.32 Å². The lowest BCUT2D eigenvalue weighted by Crippen LogP contribution is -2.21. The fourth-order valence-corrected chi connectivity index (χ4v) is 3.47. The van der Waals surface area contributed by atoms with E-state index in [1.165, 1.54) is 42.7 Å². The highest BCUT2D eigenvalue weighted by molar-refractivity contribution is 7.16. The Kier molecular flexibility index (Phi) is 7.49. The lowest BCUT2D eigenvalue weighted by atomic mass is 10.1. The molecule has 1 amide bonds. The maximum atomic E-state index is 12.2. The monoisotopic (exact) mass is 419 g/mol. The molecule has 0 unspecified atom stereocenters. The van der Waals surface area contributed by atoms with Crippen LogP contribution in [0.2, 0.25) is 0 Å². The molecular weight excluding hydrogens is 398 g/mol. The van der Waals surface area contributed by atoms with Crippen LogP contribution in [-0.2, 0) is 19.0 Å². The van der Waals surface area contributed by atoms with Gasteiger partial charge in [-0.2, -0.15) is 0 Å². The Morgan fingerprint density at radius 1 is 0.931 bits per heavy atom. The lowest BCUT2D eigenvalue weighted by Gasteiger charge is -2.08. The molecule has 154 valence electrons. The van der Waals surface area contributed by atoms with Gasteiger partial charge in [-0.05, 0) is 50.6 Å². The molecule has 0 fully saturated rings. The minimum absolute atomic E-state index is 0.181. The molecular formula is C20H21NO7S. The molecule has 0 aliphatic heterocycles. The molecule has 0 spiro atoms. The van der Waals surface area contributed by atoms with Crippen molar-refractivity contribution in [3.05, 3.63) is 51.4 Å². The van der Waals surface area contributed by atoms with Crippen molar-refractivity contribution in [3.63, 3.8) is 0 Å². The number of rotatable bonds is 7. The third-order valence-electron chi connectivity index (χ3n) is 3.99. The molecule has 9 heteroatoms. The standard InChI is InChI=1S/C20H21NO7S/c1-5-27-20(25)16-11(2)12(3)29-17(16)21-15(22)10-28-19(24)14-8-6-13(7-9-14)18(23)26-4/h6-9H,5,10H2,1-4H3,(H,21,22). The molecule has 1 aromatic carbocycles. The van der Waals surface area contributed by atoms with E-state index in [4.69, 9.17) is 9.47 Å². The number of carbonyl (C=O) groups is 4. The van der Waals surface area contributed by atoms with Crippen LogP contribution in [0.15, 0.2) is 24.3 Å².